The number of benzene rings is 1. The van der Waals surface area contributed by atoms with E-state index < -0.39 is 0 Å². The second-order valence-corrected chi connectivity index (χ2v) is 6.07. The van der Waals surface area contributed by atoms with E-state index in [4.69, 9.17) is 0 Å². The molecule has 0 radical (unpaired) electrons. The lowest BCUT2D eigenvalue weighted by atomic mass is 10.1. The van der Waals surface area contributed by atoms with Crippen LogP contribution in [0.1, 0.15) is 30.7 Å². The molecule has 0 aliphatic heterocycles. The quantitative estimate of drug-likeness (QED) is 0.938. The highest BCUT2D eigenvalue weighted by atomic mass is 79.9. The van der Waals surface area contributed by atoms with Crippen molar-refractivity contribution in [1.29, 1.82) is 5.26 Å². The van der Waals surface area contributed by atoms with E-state index >= 15 is 0 Å². The third-order valence-electron chi connectivity index (χ3n) is 3.36. The van der Waals surface area contributed by atoms with Crippen molar-refractivity contribution >= 4 is 26.8 Å². The molecule has 19 heavy (non-hydrogen) atoms. The second kappa shape index (κ2) is 5.36. The largest absolute Gasteiger partial charge is 0.335 e. The Labute approximate surface area is 122 Å². The average molecular weight is 320 g/mol. The van der Waals surface area contributed by atoms with Gasteiger partial charge in [0.25, 0.3) is 0 Å². The van der Waals surface area contributed by atoms with Gasteiger partial charge in [-0.3, -0.25) is 0 Å². The summed E-state index contributed by atoms with van der Waals surface area (Å²) in [5.41, 5.74) is 4.13. The van der Waals surface area contributed by atoms with Crippen LogP contribution >= 0.6 is 15.9 Å². The van der Waals surface area contributed by atoms with Crippen LogP contribution in [-0.2, 0) is 13.6 Å². The Morgan fingerprint density at radius 1 is 1.42 bits per heavy atom. The van der Waals surface area contributed by atoms with Crippen molar-refractivity contribution < 1.29 is 0 Å². The highest BCUT2D eigenvalue weighted by Crippen LogP contribution is 2.31. The van der Waals surface area contributed by atoms with Crippen LogP contribution in [0.3, 0.4) is 0 Å². The molecule has 1 aromatic carbocycles. The van der Waals surface area contributed by atoms with Gasteiger partial charge in [0.05, 0.1) is 5.52 Å². The van der Waals surface area contributed by atoms with Gasteiger partial charge in [-0.1, -0.05) is 29.8 Å². The number of nitrogens with zero attached hydrogens (tertiary/aromatic N) is 2. The van der Waals surface area contributed by atoms with E-state index in [0.717, 1.165) is 27.8 Å². The first-order valence-electron chi connectivity index (χ1n) is 6.36. The Morgan fingerprint density at radius 2 is 2.11 bits per heavy atom. The standard InChI is InChI=1S/C15H18BrN3/c1-9(2)18-8-12-14(7-17)19(4)13-6-11(16)5-10(3)15(12)13/h5-6,9,18H,8H2,1-4H3. The number of fused-ring (bicyclic) bond motifs is 1. The van der Waals surface area contributed by atoms with Gasteiger partial charge in [0.2, 0.25) is 0 Å². The van der Waals surface area contributed by atoms with Crippen molar-refractivity contribution in [2.75, 3.05) is 0 Å². The molecule has 0 saturated heterocycles. The molecule has 0 amide bonds. The molecule has 4 heteroatoms. The Balaban J connectivity index is 2.70. The third-order valence-corrected chi connectivity index (χ3v) is 3.81. The van der Waals surface area contributed by atoms with Crippen LogP contribution < -0.4 is 5.32 Å². The van der Waals surface area contributed by atoms with Crippen LogP contribution in [0.15, 0.2) is 16.6 Å². The number of halogens is 1. The molecule has 0 atom stereocenters. The maximum atomic E-state index is 9.42. The summed E-state index contributed by atoms with van der Waals surface area (Å²) in [7, 11) is 1.95. The summed E-state index contributed by atoms with van der Waals surface area (Å²) in [5, 5.41) is 14.0. The van der Waals surface area contributed by atoms with Gasteiger partial charge in [0.1, 0.15) is 11.8 Å². The SMILES string of the molecule is Cc1cc(Br)cc2c1c(CNC(C)C)c(C#N)n2C. The lowest BCUT2D eigenvalue weighted by Gasteiger charge is -2.08. The van der Waals surface area contributed by atoms with Crippen molar-refractivity contribution in [3.8, 4) is 6.07 Å². The van der Waals surface area contributed by atoms with E-state index in [-0.39, 0.29) is 0 Å². The summed E-state index contributed by atoms with van der Waals surface area (Å²) in [6.07, 6.45) is 0. The molecule has 1 N–H and O–H groups in total. The number of nitriles is 1. The summed E-state index contributed by atoms with van der Waals surface area (Å²) in [5.74, 6) is 0. The third kappa shape index (κ3) is 2.54. The number of aryl methyl sites for hydroxylation is 2. The smallest absolute Gasteiger partial charge is 0.125 e. The first-order chi connectivity index (χ1) is 8.95. The molecule has 0 fully saturated rings. The Kier molecular flexibility index (Phi) is 3.98. The maximum Gasteiger partial charge on any atom is 0.125 e. The monoisotopic (exact) mass is 319 g/mol. The number of hydrogen-bond donors (Lipinski definition) is 1. The van der Waals surface area contributed by atoms with E-state index in [1.807, 2.05) is 11.6 Å². The molecule has 0 saturated carbocycles. The lowest BCUT2D eigenvalue weighted by Crippen LogP contribution is -2.22. The summed E-state index contributed by atoms with van der Waals surface area (Å²) in [6.45, 7) is 7.04. The fraction of sp³-hybridized carbons (Fsp3) is 0.400. The van der Waals surface area contributed by atoms with Crippen molar-refractivity contribution in [2.45, 2.75) is 33.4 Å². The van der Waals surface area contributed by atoms with Gasteiger partial charge < -0.3 is 9.88 Å². The summed E-state index contributed by atoms with van der Waals surface area (Å²) >= 11 is 3.52. The van der Waals surface area contributed by atoms with E-state index in [9.17, 15) is 5.26 Å². The van der Waals surface area contributed by atoms with Gasteiger partial charge in [-0.15, -0.1) is 0 Å². The highest BCUT2D eigenvalue weighted by Gasteiger charge is 2.17. The van der Waals surface area contributed by atoms with Gasteiger partial charge in [0.15, 0.2) is 0 Å². The molecule has 0 aliphatic carbocycles. The molecule has 1 aromatic heterocycles. The minimum Gasteiger partial charge on any atom is -0.335 e. The number of nitrogens with one attached hydrogen (secondary N) is 1. The number of aromatic nitrogens is 1. The molecular weight excluding hydrogens is 302 g/mol. The summed E-state index contributed by atoms with van der Waals surface area (Å²) < 4.78 is 3.02. The highest BCUT2D eigenvalue weighted by molar-refractivity contribution is 9.10. The molecule has 100 valence electrons. The lowest BCUT2D eigenvalue weighted by molar-refractivity contribution is 0.589. The molecule has 0 unspecified atom stereocenters. The minimum atomic E-state index is 0.401. The zero-order chi connectivity index (χ0) is 14.2. The van der Waals surface area contributed by atoms with Crippen LogP contribution in [0.25, 0.3) is 10.9 Å². The molecule has 0 aliphatic rings. The van der Waals surface area contributed by atoms with Gasteiger partial charge >= 0.3 is 0 Å². The number of hydrogen-bond acceptors (Lipinski definition) is 2. The van der Waals surface area contributed by atoms with Crippen LogP contribution in [0.4, 0.5) is 0 Å². The molecule has 2 rings (SSSR count). The van der Waals surface area contributed by atoms with Crippen molar-refractivity contribution in [3.05, 3.63) is 33.4 Å². The second-order valence-electron chi connectivity index (χ2n) is 5.15. The normalized spacial score (nSPS) is 11.2. The first-order valence-corrected chi connectivity index (χ1v) is 7.16. The van der Waals surface area contributed by atoms with Gasteiger partial charge in [-0.2, -0.15) is 5.26 Å². The van der Waals surface area contributed by atoms with Crippen LogP contribution in [0, 0.1) is 18.3 Å². The van der Waals surface area contributed by atoms with E-state index in [0.29, 0.717) is 6.04 Å². The molecular formula is C15H18BrN3. The molecule has 3 nitrogen and oxygen atoms in total. The topological polar surface area (TPSA) is 40.8 Å². The predicted octanol–water partition coefficient (Wildman–Crippen LogP) is 3.62. The first kappa shape index (κ1) is 14.1. The fourth-order valence-electron chi connectivity index (χ4n) is 2.44. The molecule has 0 bridgehead atoms. The van der Waals surface area contributed by atoms with E-state index in [1.54, 1.807) is 0 Å². The maximum absolute atomic E-state index is 9.42. The average Bonchev–Trinajstić information content (AvgIpc) is 2.59. The van der Waals surface area contributed by atoms with Gasteiger partial charge in [0, 0.05) is 35.1 Å². The zero-order valence-corrected chi connectivity index (χ0v) is 13.3. The Bertz CT molecular complexity index is 662. The van der Waals surface area contributed by atoms with E-state index in [1.165, 1.54) is 10.9 Å². The van der Waals surface area contributed by atoms with Crippen molar-refractivity contribution in [2.24, 2.45) is 7.05 Å². The van der Waals surface area contributed by atoms with Gasteiger partial charge in [-0.25, -0.2) is 0 Å². The minimum absolute atomic E-state index is 0.401. The van der Waals surface area contributed by atoms with Crippen LogP contribution in [0.2, 0.25) is 0 Å². The van der Waals surface area contributed by atoms with E-state index in [2.05, 4.69) is 60.2 Å². The van der Waals surface area contributed by atoms with Crippen molar-refractivity contribution in [3.63, 3.8) is 0 Å². The number of rotatable bonds is 3. The Morgan fingerprint density at radius 3 is 2.68 bits per heavy atom. The van der Waals surface area contributed by atoms with Crippen LogP contribution in [-0.4, -0.2) is 10.6 Å². The fourth-order valence-corrected chi connectivity index (χ4v) is 3.00. The predicted molar refractivity (Wildman–Crippen MR) is 82.0 cm³/mol. The van der Waals surface area contributed by atoms with Crippen molar-refractivity contribution in [1.82, 2.24) is 9.88 Å². The van der Waals surface area contributed by atoms with Gasteiger partial charge in [-0.05, 0) is 24.6 Å². The Hall–Kier alpha value is -1.31. The molecule has 2 aromatic rings. The molecule has 0 spiro atoms. The molecule has 1 heterocycles. The van der Waals surface area contributed by atoms with Crippen LogP contribution in [0.5, 0.6) is 0 Å². The summed E-state index contributed by atoms with van der Waals surface area (Å²) in [6, 6.07) is 6.90. The zero-order valence-electron chi connectivity index (χ0n) is 11.7. The summed E-state index contributed by atoms with van der Waals surface area (Å²) in [4.78, 5) is 0.